The topological polar surface area (TPSA) is 86.7 Å². The number of nitrogens with one attached hydrogen (secondary N) is 1. The van der Waals surface area contributed by atoms with Crippen LogP contribution in [0.5, 0.6) is 0 Å². The summed E-state index contributed by atoms with van der Waals surface area (Å²) in [6.45, 7) is 10.9. The van der Waals surface area contributed by atoms with Gasteiger partial charge in [-0.05, 0) is 39.2 Å². The summed E-state index contributed by atoms with van der Waals surface area (Å²) in [5, 5.41) is 13.4. The highest BCUT2D eigenvalue weighted by atomic mass is 16.4. The van der Waals surface area contributed by atoms with E-state index in [1.54, 1.807) is 34.6 Å². The highest BCUT2D eigenvalue weighted by molar-refractivity contribution is 6.10. The number of fused-ring (bicyclic) bond motifs is 1. The van der Waals surface area contributed by atoms with Gasteiger partial charge in [0, 0.05) is 11.6 Å². The molecule has 2 amide bonds. The molecule has 27 heavy (non-hydrogen) atoms. The van der Waals surface area contributed by atoms with E-state index in [1.807, 2.05) is 31.2 Å². The third kappa shape index (κ3) is 2.69. The first-order chi connectivity index (χ1) is 12.4. The molecule has 0 aliphatic carbocycles. The lowest BCUT2D eigenvalue weighted by Gasteiger charge is -2.37. The van der Waals surface area contributed by atoms with Crippen LogP contribution in [0.1, 0.15) is 51.8 Å². The zero-order valence-corrected chi connectivity index (χ0v) is 16.7. The average molecular weight is 372 g/mol. The number of aliphatic carboxylic acids is 1. The Balaban J connectivity index is 2.21. The Morgan fingerprint density at radius 2 is 1.85 bits per heavy atom. The smallest absolute Gasteiger partial charge is 0.325 e. The Labute approximate surface area is 159 Å². The minimum Gasteiger partial charge on any atom is -0.480 e. The normalized spacial score (nSPS) is 30.9. The molecule has 3 rings (SSSR count). The van der Waals surface area contributed by atoms with Gasteiger partial charge in [-0.3, -0.25) is 24.6 Å². The molecule has 0 saturated carbocycles. The van der Waals surface area contributed by atoms with Gasteiger partial charge in [0.15, 0.2) is 0 Å². The van der Waals surface area contributed by atoms with Gasteiger partial charge in [0.2, 0.25) is 11.8 Å². The quantitative estimate of drug-likeness (QED) is 0.796. The summed E-state index contributed by atoms with van der Waals surface area (Å²) in [6, 6.07) is 7.16. The van der Waals surface area contributed by atoms with E-state index in [-0.39, 0.29) is 11.8 Å². The van der Waals surface area contributed by atoms with Crippen molar-refractivity contribution < 1.29 is 19.5 Å². The summed E-state index contributed by atoms with van der Waals surface area (Å²) < 4.78 is 0. The molecule has 6 nitrogen and oxygen atoms in total. The number of imide groups is 1. The van der Waals surface area contributed by atoms with Crippen molar-refractivity contribution in [2.24, 2.45) is 17.8 Å². The molecule has 2 heterocycles. The molecule has 2 aliphatic rings. The fourth-order valence-corrected chi connectivity index (χ4v) is 4.73. The number of rotatable bonds is 3. The second-order valence-corrected chi connectivity index (χ2v) is 9.05. The number of benzene rings is 1. The van der Waals surface area contributed by atoms with Crippen LogP contribution in [-0.2, 0) is 14.4 Å². The van der Waals surface area contributed by atoms with Gasteiger partial charge in [-0.15, -0.1) is 0 Å². The molecule has 6 heteroatoms. The first-order valence-corrected chi connectivity index (χ1v) is 9.38. The molecular formula is C21H28N2O4. The molecule has 146 valence electrons. The minimum atomic E-state index is -1.48. The maximum atomic E-state index is 13.3. The van der Waals surface area contributed by atoms with Crippen molar-refractivity contribution in [3.63, 3.8) is 0 Å². The zero-order valence-electron chi connectivity index (χ0n) is 16.7. The number of aryl methyl sites for hydroxylation is 1. The van der Waals surface area contributed by atoms with Gasteiger partial charge >= 0.3 is 5.97 Å². The Morgan fingerprint density at radius 3 is 2.33 bits per heavy atom. The summed E-state index contributed by atoms with van der Waals surface area (Å²) in [6.07, 6.45) is 0. The first kappa shape index (κ1) is 19.5. The van der Waals surface area contributed by atoms with E-state index in [2.05, 4.69) is 5.32 Å². The van der Waals surface area contributed by atoms with Crippen molar-refractivity contribution in [3.8, 4) is 0 Å². The molecule has 0 aromatic heterocycles. The number of carboxylic acid groups (broad SMARTS) is 1. The van der Waals surface area contributed by atoms with Crippen LogP contribution < -0.4 is 5.32 Å². The molecule has 0 bridgehead atoms. The van der Waals surface area contributed by atoms with Crippen LogP contribution in [-0.4, -0.2) is 38.9 Å². The largest absolute Gasteiger partial charge is 0.480 e. The van der Waals surface area contributed by atoms with Crippen LogP contribution in [0.15, 0.2) is 24.3 Å². The van der Waals surface area contributed by atoms with Gasteiger partial charge < -0.3 is 5.11 Å². The number of amides is 2. The molecule has 2 aliphatic heterocycles. The van der Waals surface area contributed by atoms with Crippen LogP contribution in [0.4, 0.5) is 0 Å². The lowest BCUT2D eigenvalue weighted by atomic mass is 9.73. The standard InChI is InChI=1S/C21H28N2O4/c1-11(2)21(19(26)27)15-14(17(24)23(18(15)25)20(4,5)6)16(22-21)13-9-7-8-12(3)10-13/h7-11,14-16,22H,1-6H3,(H,26,27). The average Bonchev–Trinajstić information content (AvgIpc) is 3.02. The number of hydrogen-bond acceptors (Lipinski definition) is 4. The van der Waals surface area contributed by atoms with Crippen molar-refractivity contribution in [1.29, 1.82) is 0 Å². The summed E-state index contributed by atoms with van der Waals surface area (Å²) in [4.78, 5) is 40.3. The van der Waals surface area contributed by atoms with Gasteiger partial charge in [-0.2, -0.15) is 0 Å². The van der Waals surface area contributed by atoms with Gasteiger partial charge in [-0.1, -0.05) is 43.7 Å². The van der Waals surface area contributed by atoms with E-state index in [9.17, 15) is 19.5 Å². The summed E-state index contributed by atoms with van der Waals surface area (Å²) in [7, 11) is 0. The Bertz CT molecular complexity index is 811. The predicted molar refractivity (Wildman–Crippen MR) is 101 cm³/mol. The van der Waals surface area contributed by atoms with Gasteiger partial charge in [-0.25, -0.2) is 0 Å². The highest BCUT2D eigenvalue weighted by Gasteiger charge is 2.70. The molecule has 2 fully saturated rings. The predicted octanol–water partition coefficient (Wildman–Crippen LogP) is 2.52. The molecule has 0 radical (unpaired) electrons. The molecule has 1 aromatic rings. The fraction of sp³-hybridized carbons (Fsp3) is 0.571. The molecule has 2 saturated heterocycles. The van der Waals surface area contributed by atoms with Crippen LogP contribution in [0.25, 0.3) is 0 Å². The SMILES string of the molecule is Cc1cccc(C2NC(C(=O)O)(C(C)C)C3C(=O)N(C(C)(C)C)C(=O)C23)c1. The number of hydrogen-bond donors (Lipinski definition) is 2. The highest BCUT2D eigenvalue weighted by Crippen LogP contribution is 2.52. The third-order valence-electron chi connectivity index (χ3n) is 5.93. The molecule has 4 unspecified atom stereocenters. The summed E-state index contributed by atoms with van der Waals surface area (Å²) >= 11 is 0. The van der Waals surface area contributed by atoms with E-state index in [1.165, 1.54) is 4.90 Å². The second-order valence-electron chi connectivity index (χ2n) is 9.05. The third-order valence-corrected chi connectivity index (χ3v) is 5.93. The lowest BCUT2D eigenvalue weighted by molar-refractivity contribution is -0.155. The Hall–Kier alpha value is -2.21. The number of carbonyl (C=O) groups excluding carboxylic acids is 2. The molecule has 1 aromatic carbocycles. The van der Waals surface area contributed by atoms with E-state index in [0.29, 0.717) is 0 Å². The Morgan fingerprint density at radius 1 is 1.22 bits per heavy atom. The van der Waals surface area contributed by atoms with Crippen LogP contribution >= 0.6 is 0 Å². The summed E-state index contributed by atoms with van der Waals surface area (Å²) in [5.74, 6) is -3.78. The molecule has 2 N–H and O–H groups in total. The first-order valence-electron chi connectivity index (χ1n) is 9.38. The number of carboxylic acids is 1. The lowest BCUT2D eigenvalue weighted by Crippen LogP contribution is -2.60. The van der Waals surface area contributed by atoms with Crippen molar-refractivity contribution in [3.05, 3.63) is 35.4 Å². The van der Waals surface area contributed by atoms with Gasteiger partial charge in [0.25, 0.3) is 0 Å². The summed E-state index contributed by atoms with van der Waals surface area (Å²) in [5.41, 5.74) is -0.318. The van der Waals surface area contributed by atoms with Crippen LogP contribution in [0.2, 0.25) is 0 Å². The minimum absolute atomic E-state index is 0.291. The van der Waals surface area contributed by atoms with Crippen molar-refractivity contribution in [2.45, 2.75) is 58.7 Å². The zero-order chi connectivity index (χ0) is 20.3. The van der Waals surface area contributed by atoms with E-state index >= 15 is 0 Å². The molecule has 4 atom stereocenters. The molecule has 0 spiro atoms. The maximum absolute atomic E-state index is 13.3. The fourth-order valence-electron chi connectivity index (χ4n) is 4.73. The van der Waals surface area contributed by atoms with E-state index in [0.717, 1.165) is 11.1 Å². The van der Waals surface area contributed by atoms with Gasteiger partial charge in [0.1, 0.15) is 5.54 Å². The number of likely N-dealkylation sites (tertiary alicyclic amines) is 1. The van der Waals surface area contributed by atoms with Crippen molar-refractivity contribution in [1.82, 2.24) is 10.2 Å². The van der Waals surface area contributed by atoms with Crippen LogP contribution in [0.3, 0.4) is 0 Å². The van der Waals surface area contributed by atoms with E-state index in [4.69, 9.17) is 0 Å². The monoisotopic (exact) mass is 372 g/mol. The maximum Gasteiger partial charge on any atom is 0.325 e. The second kappa shape index (κ2) is 6.16. The van der Waals surface area contributed by atoms with Crippen molar-refractivity contribution >= 4 is 17.8 Å². The Kier molecular flexibility index (Phi) is 4.46. The van der Waals surface area contributed by atoms with Gasteiger partial charge in [0.05, 0.1) is 11.8 Å². The van der Waals surface area contributed by atoms with E-state index < -0.39 is 40.8 Å². The van der Waals surface area contributed by atoms with Crippen molar-refractivity contribution in [2.75, 3.05) is 0 Å². The molecular weight excluding hydrogens is 344 g/mol. The number of nitrogens with zero attached hydrogens (tertiary/aromatic N) is 1. The number of carbonyl (C=O) groups is 3. The van der Waals surface area contributed by atoms with Crippen LogP contribution in [0, 0.1) is 24.7 Å².